The van der Waals surface area contributed by atoms with Gasteiger partial charge in [0.25, 0.3) is 11.8 Å². The number of rotatable bonds is 7. The van der Waals surface area contributed by atoms with Crippen LogP contribution in [-0.4, -0.2) is 18.9 Å². The summed E-state index contributed by atoms with van der Waals surface area (Å²) in [5.41, 5.74) is 2.73. The van der Waals surface area contributed by atoms with Crippen LogP contribution in [0.5, 0.6) is 5.75 Å². The average Bonchev–Trinajstić information content (AvgIpc) is 3.31. The molecule has 1 aromatic heterocycles. The molecule has 6 heteroatoms. The molecule has 0 aliphatic carbocycles. The van der Waals surface area contributed by atoms with Crippen LogP contribution in [-0.2, 0) is 10.2 Å². The molecule has 3 aromatic rings. The lowest BCUT2D eigenvalue weighted by molar-refractivity contribution is -0.118. The molecule has 0 saturated carbocycles. The molecule has 2 aromatic carbocycles. The number of amides is 2. The molecule has 3 rings (SSSR count). The van der Waals surface area contributed by atoms with E-state index in [0.29, 0.717) is 17.1 Å². The Morgan fingerprint density at radius 3 is 2.21 bits per heavy atom. The zero-order valence-electron chi connectivity index (χ0n) is 19.6. The summed E-state index contributed by atoms with van der Waals surface area (Å²) in [5.74, 6) is 0.271. The molecule has 33 heavy (non-hydrogen) atoms. The molecule has 0 spiro atoms. The van der Waals surface area contributed by atoms with Crippen molar-refractivity contribution >= 4 is 17.9 Å². The van der Waals surface area contributed by atoms with Crippen LogP contribution in [0.1, 0.15) is 61.0 Å². The van der Waals surface area contributed by atoms with Crippen molar-refractivity contribution in [2.45, 2.75) is 39.2 Å². The van der Waals surface area contributed by atoms with E-state index in [4.69, 9.17) is 9.15 Å². The Labute approximate surface area is 194 Å². The highest BCUT2D eigenvalue weighted by atomic mass is 16.5. The second-order valence-electron chi connectivity index (χ2n) is 8.82. The molecular weight excluding hydrogens is 416 g/mol. The third kappa shape index (κ3) is 6.35. The highest BCUT2D eigenvalue weighted by Gasteiger charge is 2.19. The van der Waals surface area contributed by atoms with Crippen molar-refractivity contribution in [3.63, 3.8) is 0 Å². The third-order valence-corrected chi connectivity index (χ3v) is 5.30. The molecule has 2 N–H and O–H groups in total. The van der Waals surface area contributed by atoms with E-state index in [2.05, 4.69) is 43.5 Å². The van der Waals surface area contributed by atoms with Gasteiger partial charge in [0, 0.05) is 11.6 Å². The van der Waals surface area contributed by atoms with E-state index in [1.165, 1.54) is 17.9 Å². The number of ether oxygens (including phenoxy) is 1. The summed E-state index contributed by atoms with van der Waals surface area (Å²) >= 11 is 0. The third-order valence-electron chi connectivity index (χ3n) is 5.30. The highest BCUT2D eigenvalue weighted by molar-refractivity contribution is 6.05. The Hall–Kier alpha value is -3.80. The maximum Gasteiger partial charge on any atom is 0.268 e. The lowest BCUT2D eigenvalue weighted by atomic mass is 9.86. The van der Waals surface area contributed by atoms with Crippen LogP contribution < -0.4 is 15.4 Å². The fourth-order valence-corrected chi connectivity index (χ4v) is 3.24. The van der Waals surface area contributed by atoms with Crippen LogP contribution in [0.3, 0.4) is 0 Å². The number of furan rings is 1. The number of hydrogen-bond acceptors (Lipinski definition) is 4. The van der Waals surface area contributed by atoms with Crippen molar-refractivity contribution in [3.05, 3.63) is 95.1 Å². The van der Waals surface area contributed by atoms with E-state index in [1.54, 1.807) is 43.5 Å². The number of carbonyl (C=O) groups excluding carboxylic acids is 2. The Bertz CT molecular complexity index is 1110. The largest absolute Gasteiger partial charge is 0.497 e. The predicted octanol–water partition coefficient (Wildman–Crippen LogP) is 5.23. The SMILES string of the molecule is COc1ccc(C(=O)N/C(=C\c2ccco2)C(=O)N[C@@H](C)c2ccc(C(C)(C)C)cc2)cc1. The van der Waals surface area contributed by atoms with Gasteiger partial charge in [-0.15, -0.1) is 0 Å². The van der Waals surface area contributed by atoms with Gasteiger partial charge >= 0.3 is 0 Å². The molecule has 0 radical (unpaired) electrons. The van der Waals surface area contributed by atoms with Gasteiger partial charge in [-0.05, 0) is 59.9 Å². The first-order valence-electron chi connectivity index (χ1n) is 10.8. The van der Waals surface area contributed by atoms with E-state index < -0.39 is 11.8 Å². The van der Waals surface area contributed by atoms with Gasteiger partial charge in [-0.1, -0.05) is 45.0 Å². The molecule has 1 heterocycles. The molecule has 6 nitrogen and oxygen atoms in total. The van der Waals surface area contributed by atoms with Crippen molar-refractivity contribution in [2.75, 3.05) is 7.11 Å². The van der Waals surface area contributed by atoms with E-state index >= 15 is 0 Å². The zero-order valence-corrected chi connectivity index (χ0v) is 19.6. The fraction of sp³-hybridized carbons (Fsp3) is 0.259. The Balaban J connectivity index is 1.77. The Morgan fingerprint density at radius 1 is 1.00 bits per heavy atom. The van der Waals surface area contributed by atoms with Crippen LogP contribution in [0, 0.1) is 0 Å². The minimum Gasteiger partial charge on any atom is -0.497 e. The normalized spacial score (nSPS) is 12.7. The van der Waals surface area contributed by atoms with Gasteiger partial charge in [-0.25, -0.2) is 0 Å². The second-order valence-corrected chi connectivity index (χ2v) is 8.82. The molecule has 0 unspecified atom stereocenters. The van der Waals surface area contributed by atoms with Gasteiger partial charge in [0.15, 0.2) is 0 Å². The smallest absolute Gasteiger partial charge is 0.268 e. The highest BCUT2D eigenvalue weighted by Crippen LogP contribution is 2.24. The standard InChI is InChI=1S/C27H30N2O4/c1-18(19-8-12-21(13-9-19)27(2,3)4)28-26(31)24(17-23-7-6-16-33-23)29-25(30)20-10-14-22(32-5)15-11-20/h6-18H,1-5H3,(H,28,31)(H,29,30)/b24-17-/t18-/m0/s1. The van der Waals surface area contributed by atoms with Gasteiger partial charge in [0.1, 0.15) is 17.2 Å². The zero-order chi connectivity index (χ0) is 24.0. The van der Waals surface area contributed by atoms with Gasteiger partial charge in [-0.2, -0.15) is 0 Å². The molecule has 2 amide bonds. The van der Waals surface area contributed by atoms with Crippen molar-refractivity contribution in [1.82, 2.24) is 10.6 Å². The van der Waals surface area contributed by atoms with Gasteiger partial charge in [-0.3, -0.25) is 9.59 Å². The first kappa shape index (κ1) is 23.9. The average molecular weight is 447 g/mol. The molecular formula is C27H30N2O4. The topological polar surface area (TPSA) is 80.6 Å². The summed E-state index contributed by atoms with van der Waals surface area (Å²) < 4.78 is 10.5. The summed E-state index contributed by atoms with van der Waals surface area (Å²) in [6, 6.07) is 18.0. The molecule has 0 aliphatic heterocycles. The Morgan fingerprint density at radius 2 is 1.67 bits per heavy atom. The number of hydrogen-bond donors (Lipinski definition) is 2. The minimum absolute atomic E-state index is 0.0513. The molecule has 0 fully saturated rings. The van der Waals surface area contributed by atoms with Crippen molar-refractivity contribution < 1.29 is 18.7 Å². The van der Waals surface area contributed by atoms with Crippen molar-refractivity contribution in [1.29, 1.82) is 0 Å². The van der Waals surface area contributed by atoms with Crippen LogP contribution in [0.4, 0.5) is 0 Å². The lowest BCUT2D eigenvalue weighted by Gasteiger charge is -2.21. The fourth-order valence-electron chi connectivity index (χ4n) is 3.24. The Kier molecular flexibility index (Phi) is 7.38. The molecule has 172 valence electrons. The summed E-state index contributed by atoms with van der Waals surface area (Å²) in [5, 5.41) is 5.66. The van der Waals surface area contributed by atoms with Crippen LogP contribution in [0.15, 0.2) is 77.0 Å². The van der Waals surface area contributed by atoms with Crippen LogP contribution in [0.2, 0.25) is 0 Å². The van der Waals surface area contributed by atoms with E-state index in [0.717, 1.165) is 5.56 Å². The molecule has 0 aliphatic rings. The number of nitrogens with one attached hydrogen (secondary N) is 2. The lowest BCUT2D eigenvalue weighted by Crippen LogP contribution is -2.36. The summed E-state index contributed by atoms with van der Waals surface area (Å²) in [6.07, 6.45) is 3.01. The molecule has 0 bridgehead atoms. The first-order valence-corrected chi connectivity index (χ1v) is 10.8. The van der Waals surface area contributed by atoms with Crippen molar-refractivity contribution in [3.8, 4) is 5.75 Å². The number of carbonyl (C=O) groups is 2. The van der Waals surface area contributed by atoms with Gasteiger partial charge < -0.3 is 19.8 Å². The molecule has 1 atom stereocenters. The van der Waals surface area contributed by atoms with E-state index in [-0.39, 0.29) is 17.2 Å². The summed E-state index contributed by atoms with van der Waals surface area (Å²) in [6.45, 7) is 8.37. The van der Waals surface area contributed by atoms with E-state index in [1.807, 2.05) is 19.1 Å². The maximum absolute atomic E-state index is 13.1. The minimum atomic E-state index is -0.416. The van der Waals surface area contributed by atoms with Crippen LogP contribution >= 0.6 is 0 Å². The van der Waals surface area contributed by atoms with Crippen LogP contribution in [0.25, 0.3) is 6.08 Å². The maximum atomic E-state index is 13.1. The van der Waals surface area contributed by atoms with E-state index in [9.17, 15) is 9.59 Å². The number of benzene rings is 2. The monoisotopic (exact) mass is 446 g/mol. The van der Waals surface area contributed by atoms with Crippen molar-refractivity contribution in [2.24, 2.45) is 0 Å². The summed E-state index contributed by atoms with van der Waals surface area (Å²) in [4.78, 5) is 25.9. The second kappa shape index (κ2) is 10.2. The number of methoxy groups -OCH3 is 1. The molecule has 0 saturated heterocycles. The quantitative estimate of drug-likeness (QED) is 0.487. The van der Waals surface area contributed by atoms with Gasteiger partial charge in [0.05, 0.1) is 19.4 Å². The van der Waals surface area contributed by atoms with Gasteiger partial charge in [0.2, 0.25) is 0 Å². The predicted molar refractivity (Wildman–Crippen MR) is 129 cm³/mol. The summed E-state index contributed by atoms with van der Waals surface area (Å²) in [7, 11) is 1.56. The first-order chi connectivity index (χ1) is 15.7.